The summed E-state index contributed by atoms with van der Waals surface area (Å²) in [6, 6.07) is 10.7. The van der Waals surface area contributed by atoms with E-state index >= 15 is 0 Å². The van der Waals surface area contributed by atoms with Crippen LogP contribution in [0.25, 0.3) is 11.1 Å². The molecule has 0 fully saturated rings. The Labute approximate surface area is 157 Å². The molecule has 2 heterocycles. The Morgan fingerprint density at radius 3 is 2.82 bits per heavy atom. The molecule has 2 aromatic carbocycles. The zero-order chi connectivity index (χ0) is 19.8. The average molecular weight is 381 g/mol. The van der Waals surface area contributed by atoms with Crippen molar-refractivity contribution >= 4 is 22.7 Å². The maximum absolute atomic E-state index is 12.5. The number of nitrogens with zero attached hydrogens (tertiary/aromatic N) is 1. The zero-order valence-corrected chi connectivity index (χ0v) is 14.6. The summed E-state index contributed by atoms with van der Waals surface area (Å²) in [4.78, 5) is 30.4. The number of fused-ring (bicyclic) bond motifs is 1. The Kier molecular flexibility index (Phi) is 4.21. The lowest BCUT2D eigenvalue weighted by molar-refractivity contribution is 0.102. The Hall–Kier alpha value is -3.85. The van der Waals surface area contributed by atoms with Crippen LogP contribution in [0.2, 0.25) is 0 Å². The lowest BCUT2D eigenvalue weighted by Crippen LogP contribution is -2.14. The molecular weight excluding hydrogens is 366 g/mol. The number of carbonyl (C=O) groups excluding carboxylic acids is 1. The van der Waals surface area contributed by atoms with E-state index in [-0.39, 0.29) is 23.1 Å². The number of phenolic OH excluding ortho intramolecular Hbond substituents is 1. The highest BCUT2D eigenvalue weighted by Crippen LogP contribution is 2.26. The van der Waals surface area contributed by atoms with Crippen LogP contribution < -0.4 is 11.1 Å². The summed E-state index contributed by atoms with van der Waals surface area (Å²) in [6.45, 7) is 1.55. The summed E-state index contributed by atoms with van der Waals surface area (Å²) >= 11 is 0. The van der Waals surface area contributed by atoms with Gasteiger partial charge in [-0.1, -0.05) is 12.1 Å². The van der Waals surface area contributed by atoms with Gasteiger partial charge in [-0.2, -0.15) is 0 Å². The molecule has 142 valence electrons. The van der Waals surface area contributed by atoms with Gasteiger partial charge in [-0.05, 0) is 36.8 Å². The molecule has 1 unspecified atom stereocenters. The smallest absolute Gasteiger partial charge is 0.417 e. The van der Waals surface area contributed by atoms with Gasteiger partial charge in [0.15, 0.2) is 17.4 Å². The van der Waals surface area contributed by atoms with Crippen LogP contribution in [0.1, 0.15) is 33.8 Å². The monoisotopic (exact) mass is 381 g/mol. The molecule has 9 heteroatoms. The number of aliphatic hydroxyl groups is 1. The van der Waals surface area contributed by atoms with Gasteiger partial charge in [-0.3, -0.25) is 9.78 Å². The minimum absolute atomic E-state index is 0.00446. The second kappa shape index (κ2) is 6.71. The van der Waals surface area contributed by atoms with Crippen LogP contribution in [-0.4, -0.2) is 26.1 Å². The first kappa shape index (κ1) is 17.6. The fourth-order valence-electron chi connectivity index (χ4n) is 2.80. The van der Waals surface area contributed by atoms with Gasteiger partial charge in [0.2, 0.25) is 5.89 Å². The molecule has 0 bridgehead atoms. The summed E-state index contributed by atoms with van der Waals surface area (Å²) in [5.74, 6) is -0.991. The van der Waals surface area contributed by atoms with Crippen LogP contribution >= 0.6 is 0 Å². The van der Waals surface area contributed by atoms with Crippen LogP contribution in [0.15, 0.2) is 56.1 Å². The van der Waals surface area contributed by atoms with E-state index in [1.165, 1.54) is 18.2 Å². The highest BCUT2D eigenvalue weighted by molar-refractivity contribution is 6.04. The van der Waals surface area contributed by atoms with Crippen LogP contribution in [0, 0.1) is 6.92 Å². The number of carbonyl (C=O) groups is 1. The van der Waals surface area contributed by atoms with Crippen molar-refractivity contribution in [3.63, 3.8) is 0 Å². The van der Waals surface area contributed by atoms with Gasteiger partial charge < -0.3 is 24.4 Å². The molecule has 0 spiro atoms. The molecule has 9 nitrogen and oxygen atoms in total. The van der Waals surface area contributed by atoms with Crippen molar-refractivity contribution in [3.05, 3.63) is 75.9 Å². The van der Waals surface area contributed by atoms with Gasteiger partial charge >= 0.3 is 5.76 Å². The minimum atomic E-state index is -1.24. The van der Waals surface area contributed by atoms with E-state index in [1.54, 1.807) is 31.2 Å². The van der Waals surface area contributed by atoms with Gasteiger partial charge in [0.25, 0.3) is 5.91 Å². The molecule has 1 atom stereocenters. The fraction of sp³-hybridized carbons (Fsp3) is 0.105. The number of amides is 1. The number of benzene rings is 2. The number of hydrogen-bond acceptors (Lipinski definition) is 7. The van der Waals surface area contributed by atoms with E-state index in [0.717, 1.165) is 0 Å². The molecule has 0 aliphatic carbocycles. The summed E-state index contributed by atoms with van der Waals surface area (Å²) < 4.78 is 10.4. The van der Waals surface area contributed by atoms with Crippen LogP contribution in [-0.2, 0) is 0 Å². The highest BCUT2D eigenvalue weighted by atomic mass is 16.4. The van der Waals surface area contributed by atoms with Gasteiger partial charge in [0.05, 0.1) is 5.52 Å². The normalized spacial score (nSPS) is 12.2. The summed E-state index contributed by atoms with van der Waals surface area (Å²) in [5.41, 5.74) is 1.60. The number of anilines is 1. The number of H-pyrrole nitrogens is 1. The third-order valence-corrected chi connectivity index (χ3v) is 4.13. The van der Waals surface area contributed by atoms with Crippen molar-refractivity contribution in [1.82, 2.24) is 9.97 Å². The van der Waals surface area contributed by atoms with Gasteiger partial charge in [0, 0.05) is 11.8 Å². The van der Waals surface area contributed by atoms with E-state index < -0.39 is 17.8 Å². The number of rotatable bonds is 4. The van der Waals surface area contributed by atoms with Crippen molar-refractivity contribution in [3.8, 4) is 5.75 Å². The second-order valence-corrected chi connectivity index (χ2v) is 6.13. The van der Waals surface area contributed by atoms with E-state index in [9.17, 15) is 19.8 Å². The van der Waals surface area contributed by atoms with E-state index in [0.29, 0.717) is 22.4 Å². The number of aromatic amines is 1. The van der Waals surface area contributed by atoms with Crippen molar-refractivity contribution < 1.29 is 23.8 Å². The number of oxazole rings is 2. The number of aromatic nitrogens is 2. The summed E-state index contributed by atoms with van der Waals surface area (Å²) in [6.07, 6.45) is -1.24. The Balaban J connectivity index is 1.58. The summed E-state index contributed by atoms with van der Waals surface area (Å²) in [5, 5.41) is 22.6. The molecule has 0 saturated heterocycles. The predicted octanol–water partition coefficient (Wildman–Crippen LogP) is 2.46. The van der Waals surface area contributed by atoms with E-state index in [1.807, 2.05) is 0 Å². The van der Waals surface area contributed by atoms with Gasteiger partial charge in [-0.15, -0.1) is 0 Å². The van der Waals surface area contributed by atoms with Crippen LogP contribution in [0.5, 0.6) is 5.75 Å². The number of aryl methyl sites for hydroxylation is 1. The largest absolute Gasteiger partial charge is 0.508 e. The van der Waals surface area contributed by atoms with Crippen molar-refractivity contribution in [1.29, 1.82) is 0 Å². The molecule has 4 rings (SSSR count). The van der Waals surface area contributed by atoms with E-state index in [4.69, 9.17) is 8.83 Å². The third-order valence-electron chi connectivity index (χ3n) is 4.13. The Morgan fingerprint density at radius 2 is 2.04 bits per heavy atom. The first-order valence-electron chi connectivity index (χ1n) is 8.29. The van der Waals surface area contributed by atoms with Crippen molar-refractivity contribution in [2.24, 2.45) is 0 Å². The van der Waals surface area contributed by atoms with Gasteiger partial charge in [0.1, 0.15) is 11.5 Å². The topological polar surface area (TPSA) is 142 Å². The minimum Gasteiger partial charge on any atom is -0.508 e. The molecule has 2 aromatic heterocycles. The molecular formula is C19H15N3O6. The molecule has 0 aliphatic heterocycles. The average Bonchev–Trinajstić information content (AvgIpc) is 3.22. The SMILES string of the molecule is Cc1oc(C(O)c2cccc(O)c2)nc1C(=O)Nc1ccc2[nH]c(=O)oc2c1. The lowest BCUT2D eigenvalue weighted by atomic mass is 10.1. The first-order valence-corrected chi connectivity index (χ1v) is 8.29. The van der Waals surface area contributed by atoms with E-state index in [2.05, 4.69) is 15.3 Å². The third kappa shape index (κ3) is 3.26. The molecule has 1 amide bonds. The number of aromatic hydroxyl groups is 1. The van der Waals surface area contributed by atoms with Crippen LogP contribution in [0.4, 0.5) is 5.69 Å². The predicted molar refractivity (Wildman–Crippen MR) is 98.2 cm³/mol. The quantitative estimate of drug-likeness (QED) is 0.425. The zero-order valence-electron chi connectivity index (χ0n) is 14.6. The fourth-order valence-corrected chi connectivity index (χ4v) is 2.80. The number of aliphatic hydroxyl groups excluding tert-OH is 1. The second-order valence-electron chi connectivity index (χ2n) is 6.13. The molecule has 4 aromatic rings. The standard InChI is InChI=1S/C19H15N3O6/c1-9-15(22-18(27-9)16(24)10-3-2-4-12(23)7-10)17(25)20-11-5-6-13-14(8-11)28-19(26)21-13/h2-8,16,23-24H,1H3,(H,20,25)(H,21,26). The molecule has 0 aliphatic rings. The van der Waals surface area contributed by atoms with Crippen molar-refractivity contribution in [2.45, 2.75) is 13.0 Å². The molecule has 0 saturated carbocycles. The first-order chi connectivity index (χ1) is 13.4. The highest BCUT2D eigenvalue weighted by Gasteiger charge is 2.23. The lowest BCUT2D eigenvalue weighted by Gasteiger charge is -2.06. The van der Waals surface area contributed by atoms with Gasteiger partial charge in [-0.25, -0.2) is 9.78 Å². The number of phenols is 1. The molecule has 28 heavy (non-hydrogen) atoms. The molecule has 0 radical (unpaired) electrons. The maximum Gasteiger partial charge on any atom is 0.417 e. The Morgan fingerprint density at radius 1 is 1.21 bits per heavy atom. The summed E-state index contributed by atoms with van der Waals surface area (Å²) in [7, 11) is 0. The van der Waals surface area contributed by atoms with Crippen LogP contribution in [0.3, 0.4) is 0 Å². The Bertz CT molecular complexity index is 1240. The van der Waals surface area contributed by atoms with Crippen molar-refractivity contribution in [2.75, 3.05) is 5.32 Å². The molecule has 4 N–H and O–H groups in total. The number of nitrogens with one attached hydrogen (secondary N) is 2. The number of hydrogen-bond donors (Lipinski definition) is 4. The maximum atomic E-state index is 12.5.